The molecule has 0 bridgehead atoms. The van der Waals surface area contributed by atoms with E-state index in [-0.39, 0.29) is 23.0 Å². The summed E-state index contributed by atoms with van der Waals surface area (Å²) in [5.41, 5.74) is 0.343. The summed E-state index contributed by atoms with van der Waals surface area (Å²) in [6.07, 6.45) is 1.62. The zero-order valence-electron chi connectivity index (χ0n) is 11.7. The summed E-state index contributed by atoms with van der Waals surface area (Å²) in [6, 6.07) is 0. The van der Waals surface area contributed by atoms with Gasteiger partial charge in [-0.3, -0.25) is 0 Å². The fraction of sp³-hybridized carbons (Fsp3) is 1.00. The van der Waals surface area contributed by atoms with Crippen molar-refractivity contribution in [3.8, 4) is 0 Å². The minimum Gasteiger partial charge on any atom is -0.381 e. The molecule has 0 aromatic carbocycles. The van der Waals surface area contributed by atoms with Crippen LogP contribution in [0.2, 0.25) is 0 Å². The molecule has 0 N–H and O–H groups in total. The Morgan fingerprint density at radius 3 is 1.27 bits per heavy atom. The predicted molar refractivity (Wildman–Crippen MR) is 65.1 cm³/mol. The molecule has 0 saturated heterocycles. The van der Waals surface area contributed by atoms with Crippen LogP contribution in [0.25, 0.3) is 0 Å². The monoisotopic (exact) mass is 216 g/mol. The van der Waals surface area contributed by atoms with Crippen LogP contribution in [-0.4, -0.2) is 26.4 Å². The molecule has 2 nitrogen and oxygen atoms in total. The average molecular weight is 216 g/mol. The van der Waals surface area contributed by atoms with Crippen molar-refractivity contribution in [2.75, 3.05) is 14.2 Å². The molecular formula is C13H28O2. The second kappa shape index (κ2) is 5.31. The smallest absolute Gasteiger partial charge is 0.0594 e. The number of ether oxygens (including phenoxy) is 2. The van der Waals surface area contributed by atoms with Gasteiger partial charge in [-0.1, -0.05) is 27.7 Å². The minimum absolute atomic E-state index is 0.172. The summed E-state index contributed by atoms with van der Waals surface area (Å²) in [7, 11) is 3.55. The third-order valence-electron chi connectivity index (χ3n) is 3.82. The molecule has 0 aliphatic rings. The Balaban J connectivity index is 4.56. The van der Waals surface area contributed by atoms with Crippen LogP contribution >= 0.6 is 0 Å². The quantitative estimate of drug-likeness (QED) is 0.676. The zero-order valence-corrected chi connectivity index (χ0v) is 11.7. The second-order valence-electron chi connectivity index (χ2n) is 5.91. The van der Waals surface area contributed by atoms with E-state index in [4.69, 9.17) is 9.47 Å². The van der Waals surface area contributed by atoms with Crippen LogP contribution in [0.3, 0.4) is 0 Å². The highest BCUT2D eigenvalue weighted by Crippen LogP contribution is 2.39. The van der Waals surface area contributed by atoms with Crippen LogP contribution in [0.4, 0.5) is 0 Å². The van der Waals surface area contributed by atoms with Gasteiger partial charge in [0.1, 0.15) is 0 Å². The lowest BCUT2D eigenvalue weighted by molar-refractivity contribution is -0.0463. The molecule has 15 heavy (non-hydrogen) atoms. The minimum atomic E-state index is 0.172. The first kappa shape index (κ1) is 14.9. The molecule has 0 spiro atoms. The Morgan fingerprint density at radius 2 is 1.07 bits per heavy atom. The van der Waals surface area contributed by atoms with Gasteiger partial charge >= 0.3 is 0 Å². The van der Waals surface area contributed by atoms with E-state index in [1.54, 1.807) is 14.2 Å². The van der Waals surface area contributed by atoms with Crippen LogP contribution in [0, 0.1) is 10.8 Å². The molecular weight excluding hydrogens is 188 g/mol. The third-order valence-corrected chi connectivity index (χ3v) is 3.82. The Kier molecular flexibility index (Phi) is 5.28. The van der Waals surface area contributed by atoms with E-state index in [1.807, 2.05) is 0 Å². The van der Waals surface area contributed by atoms with Crippen molar-refractivity contribution in [3.05, 3.63) is 0 Å². The van der Waals surface area contributed by atoms with Gasteiger partial charge in [-0.15, -0.1) is 0 Å². The van der Waals surface area contributed by atoms with E-state index < -0.39 is 0 Å². The molecule has 0 fully saturated rings. The molecule has 0 aromatic heterocycles. The van der Waals surface area contributed by atoms with Crippen LogP contribution in [-0.2, 0) is 9.47 Å². The van der Waals surface area contributed by atoms with E-state index in [2.05, 4.69) is 41.5 Å². The van der Waals surface area contributed by atoms with Crippen LogP contribution < -0.4 is 0 Å². The van der Waals surface area contributed by atoms with Crippen molar-refractivity contribution in [1.29, 1.82) is 0 Å². The maximum absolute atomic E-state index is 5.43. The highest BCUT2D eigenvalue weighted by atomic mass is 16.5. The number of hydrogen-bond donors (Lipinski definition) is 0. The van der Waals surface area contributed by atoms with E-state index >= 15 is 0 Å². The second-order valence-corrected chi connectivity index (χ2v) is 5.91. The Morgan fingerprint density at radius 1 is 0.800 bits per heavy atom. The molecule has 0 rings (SSSR count). The van der Waals surface area contributed by atoms with E-state index in [0.29, 0.717) is 0 Å². The third kappa shape index (κ3) is 4.12. The van der Waals surface area contributed by atoms with Crippen LogP contribution in [0.15, 0.2) is 0 Å². The predicted octanol–water partition coefficient (Wildman–Crippen LogP) is 3.50. The molecule has 0 amide bonds. The van der Waals surface area contributed by atoms with E-state index in [0.717, 1.165) is 6.42 Å². The average Bonchev–Trinajstić information content (AvgIpc) is 2.13. The summed E-state index contributed by atoms with van der Waals surface area (Å²) >= 11 is 0. The zero-order chi connectivity index (χ0) is 12.3. The SMILES string of the molecule is COC(C)C(C)(C)CC(C)(C)C(C)OC. The summed E-state index contributed by atoms with van der Waals surface area (Å²) in [4.78, 5) is 0. The summed E-state index contributed by atoms with van der Waals surface area (Å²) in [5, 5.41) is 0. The van der Waals surface area contributed by atoms with Gasteiger partial charge in [-0.05, 0) is 31.1 Å². The van der Waals surface area contributed by atoms with E-state index in [1.165, 1.54) is 0 Å². The molecule has 92 valence electrons. The topological polar surface area (TPSA) is 18.5 Å². The lowest BCUT2D eigenvalue weighted by Gasteiger charge is -2.40. The van der Waals surface area contributed by atoms with E-state index in [9.17, 15) is 0 Å². The summed E-state index contributed by atoms with van der Waals surface area (Å²) in [5.74, 6) is 0. The Labute approximate surface area is 95.3 Å². The van der Waals surface area contributed by atoms with Crippen molar-refractivity contribution < 1.29 is 9.47 Å². The van der Waals surface area contributed by atoms with Gasteiger partial charge < -0.3 is 9.47 Å². The van der Waals surface area contributed by atoms with Crippen molar-refractivity contribution in [2.45, 2.75) is 60.2 Å². The van der Waals surface area contributed by atoms with Gasteiger partial charge in [-0.25, -0.2) is 0 Å². The Hall–Kier alpha value is -0.0800. The van der Waals surface area contributed by atoms with Gasteiger partial charge in [0.05, 0.1) is 12.2 Å². The highest BCUT2D eigenvalue weighted by molar-refractivity contribution is 4.86. The summed E-state index contributed by atoms with van der Waals surface area (Å²) < 4.78 is 10.9. The van der Waals surface area contributed by atoms with Gasteiger partial charge in [-0.2, -0.15) is 0 Å². The highest BCUT2D eigenvalue weighted by Gasteiger charge is 2.36. The molecule has 0 aromatic rings. The molecule has 0 aliphatic carbocycles. The molecule has 2 heteroatoms. The van der Waals surface area contributed by atoms with Crippen LogP contribution in [0.5, 0.6) is 0 Å². The van der Waals surface area contributed by atoms with Crippen molar-refractivity contribution in [1.82, 2.24) is 0 Å². The lowest BCUT2D eigenvalue weighted by atomic mass is 9.70. The molecule has 0 saturated carbocycles. The normalized spacial score (nSPS) is 17.6. The fourth-order valence-electron chi connectivity index (χ4n) is 2.10. The van der Waals surface area contributed by atoms with Crippen molar-refractivity contribution in [3.63, 3.8) is 0 Å². The molecule has 2 unspecified atom stereocenters. The first-order chi connectivity index (χ1) is 6.67. The standard InChI is InChI=1S/C13H28O2/c1-10(14-7)12(3,4)9-13(5,6)11(2)15-8/h10-11H,9H2,1-8H3. The maximum Gasteiger partial charge on any atom is 0.0594 e. The number of methoxy groups -OCH3 is 2. The van der Waals surface area contributed by atoms with Crippen molar-refractivity contribution in [2.24, 2.45) is 10.8 Å². The van der Waals surface area contributed by atoms with Gasteiger partial charge in [0, 0.05) is 14.2 Å². The number of rotatable bonds is 6. The fourth-order valence-corrected chi connectivity index (χ4v) is 2.10. The Bertz CT molecular complexity index is 165. The summed E-state index contributed by atoms with van der Waals surface area (Å²) in [6.45, 7) is 13.3. The molecule has 2 atom stereocenters. The molecule has 0 heterocycles. The van der Waals surface area contributed by atoms with Crippen molar-refractivity contribution >= 4 is 0 Å². The van der Waals surface area contributed by atoms with Gasteiger partial charge in [0.25, 0.3) is 0 Å². The first-order valence-corrected chi connectivity index (χ1v) is 5.73. The first-order valence-electron chi connectivity index (χ1n) is 5.73. The maximum atomic E-state index is 5.43. The van der Waals surface area contributed by atoms with Gasteiger partial charge in [0.2, 0.25) is 0 Å². The van der Waals surface area contributed by atoms with Gasteiger partial charge in [0.15, 0.2) is 0 Å². The molecule has 0 radical (unpaired) electrons. The number of hydrogen-bond acceptors (Lipinski definition) is 2. The largest absolute Gasteiger partial charge is 0.381 e. The lowest BCUT2D eigenvalue weighted by Crippen LogP contribution is -2.38. The van der Waals surface area contributed by atoms with Crippen LogP contribution in [0.1, 0.15) is 48.0 Å². The molecule has 0 aliphatic heterocycles.